The molecule has 33 heavy (non-hydrogen) atoms. The third-order valence-corrected chi connectivity index (χ3v) is 6.58. The summed E-state index contributed by atoms with van der Waals surface area (Å²) in [6.45, 7) is 4.26. The van der Waals surface area contributed by atoms with E-state index in [0.29, 0.717) is 26.2 Å². The van der Waals surface area contributed by atoms with Crippen LogP contribution in [0.2, 0.25) is 0 Å². The number of hydrogen-bond donors (Lipinski definition) is 1. The summed E-state index contributed by atoms with van der Waals surface area (Å²) in [6.07, 6.45) is 6.55. The molecular formula is C24H37IN4O4. The van der Waals surface area contributed by atoms with Gasteiger partial charge in [0.15, 0.2) is 17.5 Å². The molecule has 0 spiro atoms. The fourth-order valence-corrected chi connectivity index (χ4v) is 4.74. The van der Waals surface area contributed by atoms with Crippen molar-refractivity contribution in [3.8, 4) is 11.5 Å². The van der Waals surface area contributed by atoms with Crippen molar-refractivity contribution in [2.24, 2.45) is 4.99 Å². The van der Waals surface area contributed by atoms with Crippen LogP contribution in [0, 0.1) is 0 Å². The second kappa shape index (κ2) is 12.6. The number of piperazine rings is 1. The summed E-state index contributed by atoms with van der Waals surface area (Å²) in [5.41, 5.74) is 1.12. The number of carbonyl (C=O) groups is 1. The largest absolute Gasteiger partial charge is 0.493 e. The Morgan fingerprint density at radius 2 is 1.82 bits per heavy atom. The monoisotopic (exact) mass is 572 g/mol. The summed E-state index contributed by atoms with van der Waals surface area (Å²) >= 11 is 0. The number of nitrogens with zero attached hydrogens (tertiary/aromatic N) is 3. The lowest BCUT2D eigenvalue weighted by molar-refractivity contribution is -0.142. The minimum absolute atomic E-state index is 0. The molecule has 0 aromatic heterocycles. The Bertz CT molecular complexity index is 802. The highest BCUT2D eigenvalue weighted by Gasteiger charge is 2.31. The average Bonchev–Trinajstić information content (AvgIpc) is 3.54. The average molecular weight is 572 g/mol. The number of nitrogens with one attached hydrogen (secondary N) is 1. The maximum atomic E-state index is 12.6. The lowest BCUT2D eigenvalue weighted by Gasteiger charge is -2.37. The molecule has 1 atom stereocenters. The molecule has 3 aliphatic rings. The molecule has 2 aliphatic heterocycles. The van der Waals surface area contributed by atoms with E-state index in [-0.39, 0.29) is 42.1 Å². The lowest BCUT2D eigenvalue weighted by atomic mass is 10.2. The van der Waals surface area contributed by atoms with Gasteiger partial charge in [0, 0.05) is 46.4 Å². The Balaban J connectivity index is 0.00000306. The van der Waals surface area contributed by atoms with Crippen LogP contribution in [-0.4, -0.2) is 80.8 Å². The minimum Gasteiger partial charge on any atom is -0.493 e. The number of guanidine groups is 1. The number of halogens is 1. The molecule has 1 aromatic carbocycles. The topological polar surface area (TPSA) is 75.6 Å². The van der Waals surface area contributed by atoms with E-state index in [9.17, 15) is 4.79 Å². The molecule has 1 aromatic rings. The third-order valence-electron chi connectivity index (χ3n) is 6.58. The second-order valence-electron chi connectivity index (χ2n) is 8.72. The molecule has 1 N–H and O–H groups in total. The fourth-order valence-electron chi connectivity index (χ4n) is 4.74. The number of carbonyl (C=O) groups excluding carboxylic acids is 1. The van der Waals surface area contributed by atoms with Crippen LogP contribution in [0.3, 0.4) is 0 Å². The van der Waals surface area contributed by atoms with Gasteiger partial charge in [0.25, 0.3) is 5.91 Å². The number of ether oxygens (including phenoxy) is 3. The zero-order valence-electron chi connectivity index (χ0n) is 19.8. The predicted octanol–water partition coefficient (Wildman–Crippen LogP) is 3.03. The van der Waals surface area contributed by atoms with Gasteiger partial charge < -0.3 is 29.3 Å². The number of rotatable bonds is 6. The van der Waals surface area contributed by atoms with E-state index in [2.05, 4.69) is 27.3 Å². The summed E-state index contributed by atoms with van der Waals surface area (Å²) in [5.74, 6) is 2.58. The maximum absolute atomic E-state index is 12.6. The van der Waals surface area contributed by atoms with E-state index < -0.39 is 0 Å². The van der Waals surface area contributed by atoms with Crippen LogP contribution in [-0.2, 0) is 16.1 Å². The summed E-state index contributed by atoms with van der Waals surface area (Å²) in [5, 5.41) is 3.46. The van der Waals surface area contributed by atoms with E-state index in [4.69, 9.17) is 14.2 Å². The Kier molecular flexibility index (Phi) is 9.91. The van der Waals surface area contributed by atoms with Crippen molar-refractivity contribution in [2.45, 2.75) is 57.3 Å². The van der Waals surface area contributed by atoms with E-state index in [1.165, 1.54) is 12.8 Å². The summed E-state index contributed by atoms with van der Waals surface area (Å²) in [4.78, 5) is 21.2. The van der Waals surface area contributed by atoms with Crippen LogP contribution in [0.15, 0.2) is 23.2 Å². The zero-order chi connectivity index (χ0) is 22.3. The van der Waals surface area contributed by atoms with Crippen LogP contribution < -0.4 is 14.8 Å². The van der Waals surface area contributed by atoms with Gasteiger partial charge in [-0.05, 0) is 56.2 Å². The number of benzene rings is 1. The Morgan fingerprint density at radius 1 is 1.09 bits per heavy atom. The third kappa shape index (κ3) is 6.65. The van der Waals surface area contributed by atoms with Crippen LogP contribution in [0.5, 0.6) is 11.5 Å². The van der Waals surface area contributed by atoms with E-state index in [0.717, 1.165) is 61.8 Å². The highest BCUT2D eigenvalue weighted by atomic mass is 127. The van der Waals surface area contributed by atoms with Gasteiger partial charge in [-0.3, -0.25) is 9.79 Å². The van der Waals surface area contributed by atoms with Crippen LogP contribution in [0.4, 0.5) is 0 Å². The molecule has 1 unspecified atom stereocenters. The molecule has 4 rings (SSSR count). The Morgan fingerprint density at radius 3 is 2.45 bits per heavy atom. The van der Waals surface area contributed by atoms with Crippen LogP contribution in [0.1, 0.15) is 44.1 Å². The van der Waals surface area contributed by atoms with Gasteiger partial charge in [-0.25, -0.2) is 0 Å². The smallest absolute Gasteiger partial charge is 0.251 e. The first-order chi connectivity index (χ1) is 15.7. The molecule has 0 bridgehead atoms. The van der Waals surface area contributed by atoms with E-state index in [1.54, 1.807) is 14.2 Å². The molecule has 2 saturated heterocycles. The molecule has 9 heteroatoms. The number of methoxy groups -OCH3 is 1. The summed E-state index contributed by atoms with van der Waals surface area (Å²) in [6, 6.07) is 6.09. The van der Waals surface area contributed by atoms with Crippen molar-refractivity contribution in [1.82, 2.24) is 15.1 Å². The highest BCUT2D eigenvalue weighted by Crippen LogP contribution is 2.32. The summed E-state index contributed by atoms with van der Waals surface area (Å²) < 4.78 is 17.3. The van der Waals surface area contributed by atoms with E-state index in [1.807, 2.05) is 11.0 Å². The van der Waals surface area contributed by atoms with Gasteiger partial charge in [0.05, 0.1) is 13.2 Å². The van der Waals surface area contributed by atoms with Gasteiger partial charge in [-0.1, -0.05) is 6.07 Å². The predicted molar refractivity (Wildman–Crippen MR) is 139 cm³/mol. The van der Waals surface area contributed by atoms with Crippen molar-refractivity contribution in [1.29, 1.82) is 0 Å². The Hall–Kier alpha value is -1.75. The standard InChI is InChI=1S/C24H36N4O4.HI/c1-25-24(28-13-11-27(12-14-28)23(29)21-8-5-15-31-21)26-17-18-9-10-20(30-2)22(16-18)32-19-6-3-4-7-19;/h9-10,16,19,21H,3-8,11-15,17H2,1-2H3,(H,25,26);1H. The van der Waals surface area contributed by atoms with Crippen molar-refractivity contribution in [3.05, 3.63) is 23.8 Å². The van der Waals surface area contributed by atoms with Crippen molar-refractivity contribution >= 4 is 35.8 Å². The summed E-state index contributed by atoms with van der Waals surface area (Å²) in [7, 11) is 3.48. The SMILES string of the molecule is CN=C(NCc1ccc(OC)c(OC2CCCC2)c1)N1CCN(C(=O)C2CCCO2)CC1.I. The normalized spacial score (nSPS) is 21.6. The molecule has 2 heterocycles. The van der Waals surface area contributed by atoms with Crippen LogP contribution >= 0.6 is 24.0 Å². The lowest BCUT2D eigenvalue weighted by Crippen LogP contribution is -2.55. The fraction of sp³-hybridized carbons (Fsp3) is 0.667. The van der Waals surface area contributed by atoms with E-state index >= 15 is 0 Å². The quantitative estimate of drug-likeness (QED) is 0.321. The zero-order valence-corrected chi connectivity index (χ0v) is 22.1. The van der Waals surface area contributed by atoms with Gasteiger partial charge in [0.2, 0.25) is 0 Å². The number of amides is 1. The first kappa shape index (κ1) is 25.9. The van der Waals surface area contributed by atoms with Crippen molar-refractivity contribution in [3.63, 3.8) is 0 Å². The minimum atomic E-state index is -0.241. The first-order valence-corrected chi connectivity index (χ1v) is 11.9. The molecule has 0 radical (unpaired) electrons. The second-order valence-corrected chi connectivity index (χ2v) is 8.72. The van der Waals surface area contributed by atoms with Gasteiger partial charge >= 0.3 is 0 Å². The van der Waals surface area contributed by atoms with Gasteiger partial charge in [-0.2, -0.15) is 0 Å². The van der Waals surface area contributed by atoms with Gasteiger partial charge in [-0.15, -0.1) is 24.0 Å². The number of hydrogen-bond acceptors (Lipinski definition) is 5. The molecule has 1 aliphatic carbocycles. The Labute approximate surface area is 214 Å². The first-order valence-electron chi connectivity index (χ1n) is 11.9. The van der Waals surface area contributed by atoms with Gasteiger partial charge in [0.1, 0.15) is 6.10 Å². The molecule has 1 saturated carbocycles. The van der Waals surface area contributed by atoms with Crippen molar-refractivity contribution in [2.75, 3.05) is 46.9 Å². The molecular weight excluding hydrogens is 535 g/mol. The highest BCUT2D eigenvalue weighted by molar-refractivity contribution is 14.0. The molecule has 1 amide bonds. The number of aliphatic imine (C=N–C) groups is 1. The maximum Gasteiger partial charge on any atom is 0.251 e. The molecule has 184 valence electrons. The van der Waals surface area contributed by atoms with Crippen LogP contribution in [0.25, 0.3) is 0 Å². The molecule has 3 fully saturated rings. The molecule has 8 nitrogen and oxygen atoms in total. The van der Waals surface area contributed by atoms with Crippen molar-refractivity contribution < 1.29 is 19.0 Å².